The Hall–Kier alpha value is -0.860. The minimum Gasteiger partial charge on any atom is -0.370 e. The van der Waals surface area contributed by atoms with Crippen LogP contribution in [0.4, 0.5) is 0 Å². The average Bonchev–Trinajstić information content (AvgIpc) is 2.93. The highest BCUT2D eigenvalue weighted by molar-refractivity contribution is 14.0. The lowest BCUT2D eigenvalue weighted by Gasteiger charge is -2.10. The van der Waals surface area contributed by atoms with Gasteiger partial charge in [-0.05, 0) is 6.42 Å². The minimum atomic E-state index is -0.142. The van der Waals surface area contributed by atoms with Crippen LogP contribution in [0.1, 0.15) is 77.9 Å². The first-order chi connectivity index (χ1) is 10.4. The number of halogens is 1. The molecular formula is C16H32IN5O. The second-order valence-corrected chi connectivity index (χ2v) is 6.66. The van der Waals surface area contributed by atoms with Gasteiger partial charge in [0.25, 0.3) is 0 Å². The molecule has 0 aliphatic rings. The van der Waals surface area contributed by atoms with Crippen LogP contribution >= 0.6 is 24.0 Å². The first-order valence-corrected chi connectivity index (χ1v) is 8.30. The summed E-state index contributed by atoms with van der Waals surface area (Å²) < 4.78 is 5.22. The van der Waals surface area contributed by atoms with E-state index in [1.807, 2.05) is 20.8 Å². The third-order valence-electron chi connectivity index (χ3n) is 3.34. The van der Waals surface area contributed by atoms with Crippen LogP contribution in [-0.2, 0) is 12.0 Å². The highest BCUT2D eigenvalue weighted by Gasteiger charge is 2.21. The number of hydrogen-bond donors (Lipinski definition) is 2. The number of hydrogen-bond acceptors (Lipinski definition) is 4. The van der Waals surface area contributed by atoms with Crippen molar-refractivity contribution in [1.29, 1.82) is 0 Å². The Morgan fingerprint density at radius 1 is 1.17 bits per heavy atom. The lowest BCUT2D eigenvalue weighted by atomic mass is 9.97. The van der Waals surface area contributed by atoms with Gasteiger partial charge in [-0.3, -0.25) is 0 Å². The smallest absolute Gasteiger partial charge is 0.232 e. The maximum atomic E-state index is 5.83. The van der Waals surface area contributed by atoms with Crippen molar-refractivity contribution < 1.29 is 4.52 Å². The van der Waals surface area contributed by atoms with Crippen molar-refractivity contribution in [3.05, 3.63) is 11.7 Å². The van der Waals surface area contributed by atoms with Gasteiger partial charge in [0.1, 0.15) is 6.54 Å². The number of unbranched alkanes of at least 4 members (excludes halogenated alkanes) is 5. The Kier molecular flexibility index (Phi) is 11.2. The molecule has 0 unspecified atom stereocenters. The molecule has 0 amide bonds. The molecule has 0 radical (unpaired) electrons. The molecule has 7 heteroatoms. The van der Waals surface area contributed by atoms with E-state index in [2.05, 4.69) is 27.4 Å². The van der Waals surface area contributed by atoms with E-state index >= 15 is 0 Å². The van der Waals surface area contributed by atoms with Gasteiger partial charge in [-0.25, -0.2) is 4.99 Å². The van der Waals surface area contributed by atoms with Gasteiger partial charge in [0, 0.05) is 12.0 Å². The van der Waals surface area contributed by atoms with Crippen LogP contribution < -0.4 is 11.1 Å². The van der Waals surface area contributed by atoms with Crippen molar-refractivity contribution in [2.45, 2.75) is 78.2 Å². The number of aromatic nitrogens is 2. The Morgan fingerprint density at radius 3 is 2.43 bits per heavy atom. The fraction of sp³-hybridized carbons (Fsp3) is 0.812. The van der Waals surface area contributed by atoms with E-state index in [-0.39, 0.29) is 29.4 Å². The van der Waals surface area contributed by atoms with E-state index in [0.717, 1.165) is 13.0 Å². The number of aliphatic imine (C=N–C) groups is 1. The zero-order chi connectivity index (χ0) is 16.4. The van der Waals surface area contributed by atoms with Crippen LogP contribution in [0.25, 0.3) is 0 Å². The van der Waals surface area contributed by atoms with E-state index < -0.39 is 0 Å². The van der Waals surface area contributed by atoms with Crippen LogP contribution in [-0.4, -0.2) is 22.6 Å². The summed E-state index contributed by atoms with van der Waals surface area (Å²) >= 11 is 0. The summed E-state index contributed by atoms with van der Waals surface area (Å²) in [7, 11) is 0. The summed E-state index contributed by atoms with van der Waals surface area (Å²) in [6, 6.07) is 0. The molecule has 23 heavy (non-hydrogen) atoms. The van der Waals surface area contributed by atoms with Crippen molar-refractivity contribution in [2.75, 3.05) is 6.54 Å². The largest absolute Gasteiger partial charge is 0.370 e. The van der Waals surface area contributed by atoms with Crippen LogP contribution in [0.2, 0.25) is 0 Å². The quantitative estimate of drug-likeness (QED) is 0.266. The summed E-state index contributed by atoms with van der Waals surface area (Å²) in [5, 5.41) is 7.04. The minimum absolute atomic E-state index is 0. The molecule has 0 saturated carbocycles. The van der Waals surface area contributed by atoms with E-state index in [1.165, 1.54) is 32.1 Å². The molecule has 1 aromatic heterocycles. The zero-order valence-corrected chi connectivity index (χ0v) is 17.2. The molecule has 0 bridgehead atoms. The van der Waals surface area contributed by atoms with Crippen molar-refractivity contribution >= 4 is 29.9 Å². The molecule has 3 N–H and O–H groups in total. The maximum Gasteiger partial charge on any atom is 0.232 e. The molecule has 0 aliphatic heterocycles. The molecule has 1 rings (SSSR count). The van der Waals surface area contributed by atoms with Crippen molar-refractivity contribution in [1.82, 2.24) is 15.5 Å². The summed E-state index contributed by atoms with van der Waals surface area (Å²) in [4.78, 5) is 8.56. The summed E-state index contributed by atoms with van der Waals surface area (Å²) in [6.45, 7) is 9.53. The monoisotopic (exact) mass is 437 g/mol. The predicted molar refractivity (Wildman–Crippen MR) is 105 cm³/mol. The van der Waals surface area contributed by atoms with Crippen molar-refractivity contribution in [2.24, 2.45) is 10.7 Å². The molecule has 6 nitrogen and oxygen atoms in total. The number of nitrogens with zero attached hydrogens (tertiary/aromatic N) is 3. The number of guanidine groups is 1. The lowest BCUT2D eigenvalue weighted by Crippen LogP contribution is -2.32. The van der Waals surface area contributed by atoms with Gasteiger partial charge in [-0.1, -0.05) is 65.0 Å². The van der Waals surface area contributed by atoms with Gasteiger partial charge in [-0.2, -0.15) is 4.98 Å². The van der Waals surface area contributed by atoms with Crippen molar-refractivity contribution in [3.8, 4) is 0 Å². The normalized spacial score (nSPS) is 12.1. The zero-order valence-electron chi connectivity index (χ0n) is 14.9. The van der Waals surface area contributed by atoms with E-state index in [4.69, 9.17) is 10.3 Å². The molecule has 0 aliphatic carbocycles. The van der Waals surface area contributed by atoms with Gasteiger partial charge in [0.2, 0.25) is 5.89 Å². The molecule has 1 aromatic rings. The molecule has 0 saturated heterocycles. The van der Waals surface area contributed by atoms with Crippen LogP contribution in [0.5, 0.6) is 0 Å². The standard InChI is InChI=1S/C16H31N5O.HI/c1-5-6-7-8-9-10-11-18-15(17)19-12-13-20-14(22-21-13)16(2,3)4;/h5-12H2,1-4H3,(H3,17,18,19);1H. The molecule has 0 atom stereocenters. The van der Waals surface area contributed by atoms with Gasteiger partial charge in [0.05, 0.1) is 0 Å². The molecule has 1 heterocycles. The second kappa shape index (κ2) is 11.6. The van der Waals surface area contributed by atoms with Crippen LogP contribution in [0.15, 0.2) is 9.52 Å². The topological polar surface area (TPSA) is 89.3 Å². The summed E-state index contributed by atoms with van der Waals surface area (Å²) in [5.74, 6) is 1.63. The van der Waals surface area contributed by atoms with E-state index in [0.29, 0.717) is 24.2 Å². The molecule has 0 fully saturated rings. The Morgan fingerprint density at radius 2 is 1.83 bits per heavy atom. The average molecular weight is 437 g/mol. The van der Waals surface area contributed by atoms with Crippen LogP contribution in [0, 0.1) is 0 Å². The molecular weight excluding hydrogens is 405 g/mol. The van der Waals surface area contributed by atoms with Gasteiger partial charge >= 0.3 is 0 Å². The van der Waals surface area contributed by atoms with E-state index in [9.17, 15) is 0 Å². The van der Waals surface area contributed by atoms with Crippen LogP contribution in [0.3, 0.4) is 0 Å². The Bertz CT molecular complexity index is 454. The number of rotatable bonds is 9. The first-order valence-electron chi connectivity index (χ1n) is 8.30. The summed E-state index contributed by atoms with van der Waals surface area (Å²) in [5.41, 5.74) is 5.69. The lowest BCUT2D eigenvalue weighted by molar-refractivity contribution is 0.318. The predicted octanol–water partition coefficient (Wildman–Crippen LogP) is 3.75. The fourth-order valence-electron chi connectivity index (χ4n) is 1.96. The van der Waals surface area contributed by atoms with Gasteiger partial charge < -0.3 is 15.6 Å². The third-order valence-corrected chi connectivity index (χ3v) is 3.34. The van der Waals surface area contributed by atoms with Gasteiger partial charge in [-0.15, -0.1) is 24.0 Å². The maximum absolute atomic E-state index is 5.83. The SMILES string of the molecule is CCCCCCCCNC(N)=NCc1noc(C(C)(C)C)n1.I. The fourth-order valence-corrected chi connectivity index (χ4v) is 1.96. The Balaban J connectivity index is 0.00000484. The molecule has 0 aromatic carbocycles. The highest BCUT2D eigenvalue weighted by atomic mass is 127. The van der Waals surface area contributed by atoms with E-state index in [1.54, 1.807) is 0 Å². The Labute approximate surface area is 157 Å². The van der Waals surface area contributed by atoms with Gasteiger partial charge in [0.15, 0.2) is 11.8 Å². The molecule has 134 valence electrons. The third kappa shape index (κ3) is 9.78. The second-order valence-electron chi connectivity index (χ2n) is 6.66. The number of nitrogens with one attached hydrogen (secondary N) is 1. The highest BCUT2D eigenvalue weighted by Crippen LogP contribution is 2.19. The van der Waals surface area contributed by atoms with Crippen molar-refractivity contribution in [3.63, 3.8) is 0 Å². The molecule has 0 spiro atoms. The number of nitrogens with two attached hydrogens (primary N) is 1. The summed E-state index contributed by atoms with van der Waals surface area (Å²) in [6.07, 6.45) is 7.60. The first kappa shape index (κ1) is 22.1.